The first-order valence-electron chi connectivity index (χ1n) is 10.6. The van der Waals surface area contributed by atoms with Crippen molar-refractivity contribution in [1.82, 2.24) is 4.90 Å². The van der Waals surface area contributed by atoms with E-state index in [9.17, 15) is 4.79 Å². The monoisotopic (exact) mass is 475 g/mol. The van der Waals surface area contributed by atoms with Gasteiger partial charge in [0.1, 0.15) is 0 Å². The van der Waals surface area contributed by atoms with Gasteiger partial charge in [-0.2, -0.15) is 0 Å². The van der Waals surface area contributed by atoms with Crippen LogP contribution in [-0.2, 0) is 4.79 Å². The first-order chi connectivity index (χ1) is 14.9. The topological polar surface area (TPSA) is 26.8 Å². The van der Waals surface area contributed by atoms with E-state index in [-0.39, 0.29) is 5.91 Å². The van der Waals surface area contributed by atoms with Gasteiger partial charge < -0.3 is 14.7 Å². The Kier molecular flexibility index (Phi) is 7.17. The molecule has 7 heteroatoms. The van der Waals surface area contributed by atoms with Crippen LogP contribution in [0.25, 0.3) is 6.08 Å². The molecule has 2 saturated heterocycles. The Hall–Kier alpha value is -1.66. The number of anilines is 2. The van der Waals surface area contributed by atoms with Crippen molar-refractivity contribution >= 4 is 58.3 Å². The summed E-state index contributed by atoms with van der Waals surface area (Å²) in [6.45, 7) is 2.79. The van der Waals surface area contributed by atoms with Crippen LogP contribution >= 0.6 is 35.0 Å². The first kappa shape index (κ1) is 22.5. The van der Waals surface area contributed by atoms with Gasteiger partial charge in [-0.05, 0) is 62.3 Å². The Morgan fingerprint density at radius 1 is 1.16 bits per heavy atom. The summed E-state index contributed by atoms with van der Waals surface area (Å²) in [5.74, 6) is 0.838. The predicted molar refractivity (Wildman–Crippen MR) is 135 cm³/mol. The molecule has 4 nitrogen and oxygen atoms in total. The van der Waals surface area contributed by atoms with E-state index in [1.807, 2.05) is 18.2 Å². The summed E-state index contributed by atoms with van der Waals surface area (Å²) in [6.07, 6.45) is 4.52. The Bertz CT molecular complexity index is 997. The lowest BCUT2D eigenvalue weighted by Gasteiger charge is -2.30. The zero-order valence-corrected chi connectivity index (χ0v) is 20.2. The second kappa shape index (κ2) is 9.86. The van der Waals surface area contributed by atoms with Gasteiger partial charge >= 0.3 is 0 Å². The summed E-state index contributed by atoms with van der Waals surface area (Å²) in [4.78, 5) is 20.5. The second-order valence-electron chi connectivity index (χ2n) is 8.13. The molecule has 0 bridgehead atoms. The molecule has 2 heterocycles. The first-order valence-corrected chi connectivity index (χ1v) is 12.3. The van der Waals surface area contributed by atoms with Crippen molar-refractivity contribution in [1.29, 1.82) is 0 Å². The number of hydrogen-bond donors (Lipinski definition) is 0. The van der Waals surface area contributed by atoms with Crippen molar-refractivity contribution in [3.05, 3.63) is 63.0 Å². The van der Waals surface area contributed by atoms with Crippen LogP contribution in [0.4, 0.5) is 11.4 Å². The number of nitrogens with zero attached hydrogens (tertiary/aromatic N) is 3. The van der Waals surface area contributed by atoms with Crippen molar-refractivity contribution in [3.8, 4) is 0 Å². The fourth-order valence-electron chi connectivity index (χ4n) is 4.27. The molecular weight excluding hydrogens is 449 g/mol. The summed E-state index contributed by atoms with van der Waals surface area (Å²) in [5, 5.41) is 0.949. The molecule has 4 rings (SSSR count). The van der Waals surface area contributed by atoms with E-state index in [0.717, 1.165) is 34.1 Å². The van der Waals surface area contributed by atoms with Gasteiger partial charge in [0.25, 0.3) is 5.91 Å². The maximum absolute atomic E-state index is 13.3. The summed E-state index contributed by atoms with van der Waals surface area (Å²) < 4.78 is 0. The molecule has 2 fully saturated rings. The fraction of sp³-hybridized carbons (Fsp3) is 0.375. The van der Waals surface area contributed by atoms with Crippen LogP contribution < -0.4 is 9.80 Å². The highest BCUT2D eigenvalue weighted by Crippen LogP contribution is 2.34. The number of hydrogen-bond acceptors (Lipinski definition) is 4. The Balaban J connectivity index is 1.57. The fourth-order valence-corrected chi connectivity index (χ4v) is 5.50. The molecule has 0 N–H and O–H groups in total. The molecule has 0 aliphatic carbocycles. The molecule has 2 aromatic rings. The number of likely N-dealkylation sites (tertiary alicyclic amines) is 1. The zero-order valence-electron chi connectivity index (χ0n) is 17.9. The molecule has 1 amide bonds. The third kappa shape index (κ3) is 5.06. The van der Waals surface area contributed by atoms with E-state index in [4.69, 9.17) is 23.2 Å². The highest BCUT2D eigenvalue weighted by Gasteiger charge is 2.27. The maximum Gasteiger partial charge on any atom is 0.264 e. The normalized spacial score (nSPS) is 21.2. The average molecular weight is 476 g/mol. The van der Waals surface area contributed by atoms with E-state index < -0.39 is 0 Å². The number of carbonyl (C=O) groups excluding carboxylic acids is 1. The van der Waals surface area contributed by atoms with E-state index in [1.54, 1.807) is 28.8 Å². The highest BCUT2D eigenvalue weighted by atomic mass is 35.5. The van der Waals surface area contributed by atoms with Crippen molar-refractivity contribution in [2.75, 3.05) is 49.3 Å². The third-order valence-corrected chi connectivity index (χ3v) is 7.76. The maximum atomic E-state index is 13.3. The highest BCUT2D eigenvalue weighted by molar-refractivity contribution is 8.04. The molecule has 2 aromatic carbocycles. The Morgan fingerprint density at radius 3 is 2.71 bits per heavy atom. The Labute approximate surface area is 198 Å². The van der Waals surface area contributed by atoms with Crippen LogP contribution in [0, 0.1) is 0 Å². The molecule has 1 unspecified atom stereocenters. The smallest absolute Gasteiger partial charge is 0.264 e. The van der Waals surface area contributed by atoms with E-state index >= 15 is 0 Å². The van der Waals surface area contributed by atoms with Gasteiger partial charge in [0.05, 0.1) is 15.0 Å². The number of amides is 1. The molecule has 164 valence electrons. The Morgan fingerprint density at radius 2 is 1.97 bits per heavy atom. The standard InChI is InChI=1S/C24H27Cl2N3OS/c1-27-11-5-7-19(27)16-28(2)22-8-4-3-6-17(22)14-23-24(30)29(12-13-31-23)18-9-10-20(25)21(26)15-18/h3-4,6,8-10,14-15,19H,5,7,11-13,16H2,1-2H3/b23-14-. The van der Waals surface area contributed by atoms with Crippen LogP contribution in [-0.4, -0.2) is 56.3 Å². The van der Waals surface area contributed by atoms with E-state index in [1.165, 1.54) is 19.4 Å². The van der Waals surface area contributed by atoms with Gasteiger partial charge in [0.2, 0.25) is 0 Å². The summed E-state index contributed by atoms with van der Waals surface area (Å²) in [7, 11) is 4.34. The summed E-state index contributed by atoms with van der Waals surface area (Å²) >= 11 is 13.8. The van der Waals surface area contributed by atoms with Crippen molar-refractivity contribution in [2.45, 2.75) is 18.9 Å². The minimum absolute atomic E-state index is 0.00243. The average Bonchev–Trinajstić information content (AvgIpc) is 3.16. The van der Waals surface area contributed by atoms with E-state index in [0.29, 0.717) is 22.6 Å². The third-order valence-electron chi connectivity index (χ3n) is 6.03. The van der Waals surface area contributed by atoms with Gasteiger partial charge in [-0.15, -0.1) is 11.8 Å². The largest absolute Gasteiger partial charge is 0.373 e. The van der Waals surface area contributed by atoms with E-state index in [2.05, 4.69) is 42.1 Å². The van der Waals surface area contributed by atoms with Crippen molar-refractivity contribution in [2.24, 2.45) is 0 Å². The van der Waals surface area contributed by atoms with Crippen LogP contribution in [0.15, 0.2) is 47.4 Å². The van der Waals surface area contributed by atoms with Gasteiger partial charge in [-0.1, -0.05) is 41.4 Å². The van der Waals surface area contributed by atoms with Gasteiger partial charge in [-0.3, -0.25) is 4.79 Å². The van der Waals surface area contributed by atoms with Gasteiger partial charge in [0.15, 0.2) is 0 Å². The quantitative estimate of drug-likeness (QED) is 0.522. The number of rotatable bonds is 5. The van der Waals surface area contributed by atoms with Crippen LogP contribution in [0.3, 0.4) is 0 Å². The molecule has 31 heavy (non-hydrogen) atoms. The molecule has 0 aromatic heterocycles. The molecule has 0 spiro atoms. The number of halogens is 2. The number of carbonyl (C=O) groups is 1. The number of para-hydroxylation sites is 1. The minimum Gasteiger partial charge on any atom is -0.373 e. The summed E-state index contributed by atoms with van der Waals surface area (Å²) in [5.41, 5.74) is 2.99. The molecule has 0 radical (unpaired) electrons. The predicted octanol–water partition coefficient (Wildman–Crippen LogP) is 5.64. The molecule has 2 aliphatic heterocycles. The second-order valence-corrected chi connectivity index (χ2v) is 10.1. The minimum atomic E-state index is 0.00243. The summed E-state index contributed by atoms with van der Waals surface area (Å²) in [6, 6.07) is 14.2. The SMILES string of the molecule is CN(CC1CCCN1C)c1ccccc1/C=C1\SCCN(c2ccc(Cl)c(Cl)c2)C1=O. The molecule has 0 saturated carbocycles. The molecular formula is C24H27Cl2N3OS. The molecule has 2 aliphatic rings. The lowest BCUT2D eigenvalue weighted by Crippen LogP contribution is -2.37. The van der Waals surface area contributed by atoms with Crippen LogP contribution in [0.5, 0.6) is 0 Å². The van der Waals surface area contributed by atoms with Crippen LogP contribution in [0.2, 0.25) is 10.0 Å². The zero-order chi connectivity index (χ0) is 22.0. The number of benzene rings is 2. The molecule has 1 atom stereocenters. The van der Waals surface area contributed by atoms with Gasteiger partial charge in [-0.25, -0.2) is 0 Å². The number of thioether (sulfide) groups is 1. The van der Waals surface area contributed by atoms with Crippen LogP contribution in [0.1, 0.15) is 18.4 Å². The lowest BCUT2D eigenvalue weighted by molar-refractivity contribution is -0.114. The number of likely N-dealkylation sites (N-methyl/N-ethyl adjacent to an activating group) is 2. The van der Waals surface area contributed by atoms with Gasteiger partial charge in [0, 0.05) is 43.3 Å². The lowest BCUT2D eigenvalue weighted by atomic mass is 10.1. The van der Waals surface area contributed by atoms with Crippen molar-refractivity contribution < 1.29 is 4.79 Å². The van der Waals surface area contributed by atoms with Crippen molar-refractivity contribution in [3.63, 3.8) is 0 Å².